The van der Waals surface area contributed by atoms with E-state index < -0.39 is 164 Å². The van der Waals surface area contributed by atoms with Crippen LogP contribution in [0.4, 0.5) is 83.8 Å². The van der Waals surface area contributed by atoms with Gasteiger partial charge in [0.05, 0.1) is 46.2 Å². The summed E-state index contributed by atoms with van der Waals surface area (Å²) < 4.78 is 270. The summed E-state index contributed by atoms with van der Waals surface area (Å²) in [6.07, 6.45) is -28.6. The number of Topliss-reactive ketones (excluding diaryl/α,β-unsaturated/α-hetero) is 1. The van der Waals surface area contributed by atoms with Gasteiger partial charge in [0.25, 0.3) is 28.6 Å². The van der Waals surface area contributed by atoms with E-state index >= 15 is 0 Å². The van der Waals surface area contributed by atoms with Gasteiger partial charge in [0.1, 0.15) is 5.60 Å². The summed E-state index contributed by atoms with van der Waals surface area (Å²) in [5, 5.41) is 18.2. The van der Waals surface area contributed by atoms with Crippen LogP contribution in [0.25, 0.3) is 0 Å². The maximum Gasteiger partial charge on any atom is 0.461 e. The first-order valence-corrected chi connectivity index (χ1v) is 34.7. The fraction of sp³-hybridized carbons (Fsp3) is 0.455. The number of ether oxygens (including phenoxy) is 8. The van der Waals surface area contributed by atoms with E-state index in [4.69, 9.17) is 34.6 Å². The minimum atomic E-state index is -5.13. The van der Waals surface area contributed by atoms with Crippen LogP contribution in [0.1, 0.15) is 128 Å². The van der Waals surface area contributed by atoms with Gasteiger partial charge in [0, 0.05) is 0 Å². The van der Waals surface area contributed by atoms with E-state index in [0.29, 0.717) is 22.3 Å². The molecule has 5 atom stereocenters. The lowest BCUT2D eigenvalue weighted by molar-refractivity contribution is -0.282. The van der Waals surface area contributed by atoms with Crippen LogP contribution in [0.2, 0.25) is 0 Å². The average molecular weight is 1740 g/mol. The van der Waals surface area contributed by atoms with Gasteiger partial charge in [-0.2, -0.15) is 79.0 Å². The Labute approximate surface area is 674 Å². The molecule has 3 amide bonds. The van der Waals surface area contributed by atoms with Gasteiger partial charge in [-0.3, -0.25) is 25.2 Å². The van der Waals surface area contributed by atoms with Crippen molar-refractivity contribution in [3.8, 4) is 0 Å². The zero-order valence-corrected chi connectivity index (χ0v) is 65.5. The number of alkyl halides is 18. The maximum absolute atomic E-state index is 13.9. The fourth-order valence-corrected chi connectivity index (χ4v) is 8.82. The smallest absolute Gasteiger partial charge is 0.461 e. The third kappa shape index (κ3) is 37.4. The van der Waals surface area contributed by atoms with Crippen LogP contribution in [0.15, 0.2) is 185 Å². The zero-order chi connectivity index (χ0) is 90.4. The van der Waals surface area contributed by atoms with Crippen molar-refractivity contribution in [2.24, 2.45) is 5.84 Å². The van der Waals surface area contributed by atoms with Crippen LogP contribution in [0, 0.1) is 0 Å². The summed E-state index contributed by atoms with van der Waals surface area (Å²) in [6, 6.07) is 32.9. The summed E-state index contributed by atoms with van der Waals surface area (Å²) in [7, 11) is 0. The number of rotatable bonds is 36. The quantitative estimate of drug-likeness (QED) is 0.00360. The second kappa shape index (κ2) is 52.8. The molecule has 22 nitrogen and oxygen atoms in total. The van der Waals surface area contributed by atoms with E-state index in [1.54, 1.807) is 148 Å². The normalized spacial score (nSPS) is 13.9. The number of nitrogens with one attached hydrogen (secondary N) is 3. The van der Waals surface area contributed by atoms with Gasteiger partial charge in [-0.25, -0.2) is 35.2 Å². The van der Waals surface area contributed by atoms with Gasteiger partial charge >= 0.3 is 72.8 Å². The predicted molar refractivity (Wildman–Crippen MR) is 394 cm³/mol. The van der Waals surface area contributed by atoms with Gasteiger partial charge in [-0.05, 0) is 128 Å². The molecule has 664 valence electrons. The first kappa shape index (κ1) is 112. The van der Waals surface area contributed by atoms with Crippen LogP contribution in [-0.4, -0.2) is 148 Å². The Bertz CT molecular complexity index is 3710. The van der Waals surface area contributed by atoms with E-state index in [0.717, 1.165) is 0 Å². The Balaban J connectivity index is -0.00000137. The van der Waals surface area contributed by atoms with Crippen molar-refractivity contribution in [1.82, 2.24) is 16.3 Å². The minimum Gasteiger partial charge on any atom is -0.479 e. The predicted octanol–water partition coefficient (Wildman–Crippen LogP) is 17.0. The lowest BCUT2D eigenvalue weighted by Crippen LogP contribution is -2.62. The van der Waals surface area contributed by atoms with Crippen LogP contribution in [0.3, 0.4) is 0 Å². The van der Waals surface area contributed by atoms with Crippen LogP contribution in [-0.2, 0) is 97.9 Å². The van der Waals surface area contributed by atoms with Gasteiger partial charge in [-0.1, -0.05) is 152 Å². The number of carboxylic acid groups (broad SMARTS) is 1. The molecule has 0 heterocycles. The molecule has 0 aliphatic heterocycles. The van der Waals surface area contributed by atoms with E-state index in [9.17, 15) is 122 Å². The molecule has 0 saturated heterocycles. The molecular weight excluding hydrogens is 1650 g/mol. The molecule has 5 unspecified atom stereocenters. The van der Waals surface area contributed by atoms with Crippen molar-refractivity contribution in [2.75, 3.05) is 19.8 Å². The zero-order valence-electron chi connectivity index (χ0n) is 64.7. The maximum atomic E-state index is 13.9. The molecule has 0 spiro atoms. The first-order valence-electron chi connectivity index (χ1n) is 34.7. The minimum absolute atomic E-state index is 0. The van der Waals surface area contributed by atoms with Gasteiger partial charge in [0.2, 0.25) is 11.2 Å². The Morgan fingerprint density at radius 3 is 0.949 bits per heavy atom. The summed E-state index contributed by atoms with van der Waals surface area (Å²) in [5.74, 6) is -7.54. The topological polar surface area (TPSA) is 313 Å². The van der Waals surface area contributed by atoms with E-state index in [1.165, 1.54) is 56.6 Å². The number of hydrogen-bond acceptors (Lipinski definition) is 18. The number of nitrogens with two attached hydrogens (primary N) is 1. The number of hydrogen-bond donors (Lipinski definition) is 6. The van der Waals surface area contributed by atoms with E-state index in [-0.39, 0.29) is 77.5 Å². The number of hydrazine groups is 2. The SMILES string of the molecule is C=CCCC(O)(C(=O)OCC)C(F)(F)F.C=CCCC(OCc1ccccc1)(C(=O)NN)C(F)(F)F.C=CCCC(OCc1ccccc1)(C(=O)NNC(=O)OC(C)(C)C)C(F)(F)F.C=CCCC(OCc1ccccc1)(C(=O)O)C(F)(F)F.C=CCCC(OCc1ccccc1)(C(=O)OCC)C(F)(F)F.CCOC(=O)C(=O)C(F)(F)F.Cl. The number of amides is 3. The Hall–Kier alpha value is -9.87. The molecule has 0 aliphatic carbocycles. The number of carbonyl (C=O) groups excluding carboxylic acids is 7. The standard InChI is InChI=1S/C19H25F3N2O4.C16H19F3O3.C14H17F3N2O2.C14H15F3O3.C9H13F3O3.C5H5F3O3.ClH/c1-5-6-12-18(19(20,21)22,27-13-14-10-8-7-9-11-14)15(25)23-24-16(26)28-17(2,3)4;1-3-5-11-15(16(17,18)19,14(20)21-4-2)22-12-13-9-7-6-8-10-13;1-2-3-9-13(12(20)19-18,14(15,16)17)21-10-11-7-5-4-6-8-11;1-2-3-9-13(12(18)19,14(15,16)17)20-10-11-7-5-4-6-8-11;1-3-5-6-8(14,9(10,11)12)7(13)15-4-2;1-2-11-4(10)3(9)5(6,7)8;/h5,7-11H,1,6,12-13H2,2-4H3,(H,23,25)(H,24,26);3,6-10H,1,4-5,11-12H2,2H3;2,4-8H,1,3,9-10,18H2,(H,19,20);2,4-8H,1,3,9-10H2,(H,18,19);3,14H,1,4-6H2,2H3;2H2,1H3;1H. The summed E-state index contributed by atoms with van der Waals surface area (Å²) in [6.45, 7) is 23.3. The molecule has 4 rings (SSSR count). The molecular formula is C77H95ClF18N4O18. The van der Waals surface area contributed by atoms with E-state index in [2.05, 4.69) is 47.1 Å². The molecule has 0 fully saturated rings. The summed E-state index contributed by atoms with van der Waals surface area (Å²) in [5.41, 5.74) is -9.56. The molecule has 41 heteroatoms. The molecule has 118 heavy (non-hydrogen) atoms. The second-order valence-electron chi connectivity index (χ2n) is 24.7. The summed E-state index contributed by atoms with van der Waals surface area (Å²) >= 11 is 0. The molecule has 0 radical (unpaired) electrons. The molecule has 0 aliphatic rings. The van der Waals surface area contributed by atoms with Crippen LogP contribution >= 0.6 is 12.4 Å². The molecule has 0 saturated carbocycles. The highest BCUT2D eigenvalue weighted by atomic mass is 35.5. The van der Waals surface area contributed by atoms with Crippen molar-refractivity contribution in [3.63, 3.8) is 0 Å². The number of halogens is 19. The third-order valence-corrected chi connectivity index (χ3v) is 14.9. The first-order chi connectivity index (χ1) is 54.2. The Morgan fingerprint density at radius 2 is 0.678 bits per heavy atom. The largest absolute Gasteiger partial charge is 0.479 e. The average Bonchev–Trinajstić information content (AvgIpc) is 0.803. The van der Waals surface area contributed by atoms with Crippen molar-refractivity contribution in [2.45, 2.75) is 203 Å². The Morgan fingerprint density at radius 1 is 0.398 bits per heavy atom. The number of aliphatic hydroxyl groups is 1. The number of aliphatic carboxylic acids is 1. The number of carbonyl (C=O) groups is 8. The molecule has 4 aromatic carbocycles. The van der Waals surface area contributed by atoms with Crippen molar-refractivity contribution < 1.29 is 165 Å². The molecule has 0 aromatic heterocycles. The number of carboxylic acids is 1. The van der Waals surface area contributed by atoms with Crippen molar-refractivity contribution >= 4 is 60.0 Å². The van der Waals surface area contributed by atoms with Crippen LogP contribution < -0.4 is 22.1 Å². The molecule has 0 bridgehead atoms. The second-order valence-corrected chi connectivity index (χ2v) is 24.7. The number of benzene rings is 4. The highest BCUT2D eigenvalue weighted by molar-refractivity contribution is 6.35. The van der Waals surface area contributed by atoms with Crippen LogP contribution in [0.5, 0.6) is 0 Å². The highest BCUT2D eigenvalue weighted by Crippen LogP contribution is 2.43. The molecule has 4 aromatic rings. The van der Waals surface area contributed by atoms with Crippen molar-refractivity contribution in [3.05, 3.63) is 207 Å². The summed E-state index contributed by atoms with van der Waals surface area (Å²) in [4.78, 5) is 89.9. The van der Waals surface area contributed by atoms with Gasteiger partial charge in [0.15, 0.2) is 0 Å². The van der Waals surface area contributed by atoms with Crippen molar-refractivity contribution in [1.29, 1.82) is 0 Å². The van der Waals surface area contributed by atoms with Gasteiger partial charge < -0.3 is 48.1 Å². The Kier molecular flexibility index (Phi) is 50.3. The fourth-order valence-electron chi connectivity index (χ4n) is 8.82. The lowest BCUT2D eigenvalue weighted by Gasteiger charge is -2.34. The number of esters is 3. The third-order valence-electron chi connectivity index (χ3n) is 14.9. The monoisotopic (exact) mass is 1740 g/mol. The lowest BCUT2D eigenvalue weighted by atomic mass is 9.95. The number of ketones is 1. The molecule has 7 N–H and O–H groups in total. The van der Waals surface area contributed by atoms with Gasteiger partial charge in [-0.15, -0.1) is 45.3 Å². The number of allylic oxidation sites excluding steroid dienone is 5. The van der Waals surface area contributed by atoms with E-state index in [1.807, 2.05) is 5.43 Å². The highest BCUT2D eigenvalue weighted by Gasteiger charge is 2.65.